The second kappa shape index (κ2) is 6.64. The predicted molar refractivity (Wildman–Crippen MR) is 81.6 cm³/mol. The van der Waals surface area contributed by atoms with E-state index in [9.17, 15) is 0 Å². The number of hydrogen-bond donors (Lipinski definition) is 1. The van der Waals surface area contributed by atoms with E-state index in [-0.39, 0.29) is 6.04 Å². The molecule has 0 amide bonds. The van der Waals surface area contributed by atoms with E-state index in [0.717, 1.165) is 22.6 Å². The highest BCUT2D eigenvalue weighted by Crippen LogP contribution is 2.30. The van der Waals surface area contributed by atoms with Crippen molar-refractivity contribution in [3.63, 3.8) is 0 Å². The lowest BCUT2D eigenvalue weighted by atomic mass is 9.99. The fraction of sp³-hybridized carbons (Fsp3) is 0.250. The fourth-order valence-electron chi connectivity index (χ4n) is 2.12. The van der Waals surface area contributed by atoms with Crippen molar-refractivity contribution in [2.75, 3.05) is 14.2 Å². The van der Waals surface area contributed by atoms with Gasteiger partial charge in [0, 0.05) is 11.1 Å². The summed E-state index contributed by atoms with van der Waals surface area (Å²) >= 11 is 5.98. The average Bonchev–Trinajstić information content (AvgIpc) is 2.46. The minimum atomic E-state index is -0.117. The highest BCUT2D eigenvalue weighted by atomic mass is 35.5. The number of ether oxygens (including phenoxy) is 2. The third-order valence-electron chi connectivity index (χ3n) is 3.18. The second-order valence-electron chi connectivity index (χ2n) is 4.55. The monoisotopic (exact) mass is 291 g/mol. The van der Waals surface area contributed by atoms with E-state index >= 15 is 0 Å². The molecule has 0 fully saturated rings. The Balaban J connectivity index is 2.18. The lowest BCUT2D eigenvalue weighted by Crippen LogP contribution is -2.13. The van der Waals surface area contributed by atoms with Crippen molar-refractivity contribution in [1.82, 2.24) is 0 Å². The van der Waals surface area contributed by atoms with Gasteiger partial charge in [0.05, 0.1) is 14.2 Å². The number of methoxy groups -OCH3 is 2. The van der Waals surface area contributed by atoms with E-state index < -0.39 is 0 Å². The van der Waals surface area contributed by atoms with Crippen molar-refractivity contribution in [1.29, 1.82) is 0 Å². The molecule has 3 nitrogen and oxygen atoms in total. The Labute approximate surface area is 124 Å². The summed E-state index contributed by atoms with van der Waals surface area (Å²) in [6.07, 6.45) is 0.718. The minimum absolute atomic E-state index is 0.117. The summed E-state index contributed by atoms with van der Waals surface area (Å²) in [5.41, 5.74) is 8.37. The topological polar surface area (TPSA) is 44.5 Å². The Bertz CT molecular complexity index is 586. The summed E-state index contributed by atoms with van der Waals surface area (Å²) < 4.78 is 10.5. The SMILES string of the molecule is COc1ccc(C(N)Cc2cccc(Cl)c2)cc1OC. The Hall–Kier alpha value is -1.71. The first-order valence-electron chi connectivity index (χ1n) is 6.36. The molecule has 1 unspecified atom stereocenters. The van der Waals surface area contributed by atoms with Crippen LogP contribution in [0.15, 0.2) is 42.5 Å². The van der Waals surface area contributed by atoms with Gasteiger partial charge >= 0.3 is 0 Å². The normalized spacial score (nSPS) is 12.0. The van der Waals surface area contributed by atoms with Gasteiger partial charge in [-0.05, 0) is 41.8 Å². The van der Waals surface area contributed by atoms with Crippen molar-refractivity contribution in [3.05, 3.63) is 58.6 Å². The molecule has 0 aliphatic carbocycles. The molecule has 0 aliphatic rings. The van der Waals surface area contributed by atoms with Gasteiger partial charge in [0.25, 0.3) is 0 Å². The molecule has 2 N–H and O–H groups in total. The second-order valence-corrected chi connectivity index (χ2v) is 4.99. The maximum Gasteiger partial charge on any atom is 0.161 e. The zero-order chi connectivity index (χ0) is 14.5. The van der Waals surface area contributed by atoms with E-state index in [1.165, 1.54) is 0 Å². The van der Waals surface area contributed by atoms with Crippen LogP contribution in [0.25, 0.3) is 0 Å². The molecular formula is C16H18ClNO2. The third kappa shape index (κ3) is 3.44. The number of benzene rings is 2. The van der Waals surface area contributed by atoms with Gasteiger partial charge in [-0.2, -0.15) is 0 Å². The third-order valence-corrected chi connectivity index (χ3v) is 3.42. The maximum absolute atomic E-state index is 6.25. The molecular weight excluding hydrogens is 274 g/mol. The fourth-order valence-corrected chi connectivity index (χ4v) is 2.33. The summed E-state index contributed by atoms with van der Waals surface area (Å²) in [5, 5.41) is 0.724. The van der Waals surface area contributed by atoms with Crippen molar-refractivity contribution < 1.29 is 9.47 Å². The largest absolute Gasteiger partial charge is 0.493 e. The smallest absolute Gasteiger partial charge is 0.161 e. The van der Waals surface area contributed by atoms with E-state index in [2.05, 4.69) is 0 Å². The van der Waals surface area contributed by atoms with Crippen molar-refractivity contribution in [3.8, 4) is 11.5 Å². The van der Waals surface area contributed by atoms with Gasteiger partial charge in [-0.15, -0.1) is 0 Å². The Morgan fingerprint density at radius 2 is 1.80 bits per heavy atom. The van der Waals surface area contributed by atoms with Gasteiger partial charge in [0.1, 0.15) is 0 Å². The van der Waals surface area contributed by atoms with Crippen molar-refractivity contribution in [2.24, 2.45) is 5.73 Å². The molecule has 106 valence electrons. The number of rotatable bonds is 5. The van der Waals surface area contributed by atoms with Gasteiger partial charge in [-0.1, -0.05) is 29.8 Å². The summed E-state index contributed by atoms with van der Waals surface area (Å²) in [6.45, 7) is 0. The van der Waals surface area contributed by atoms with E-state index in [1.807, 2.05) is 42.5 Å². The molecule has 4 heteroatoms. The molecule has 0 spiro atoms. The molecule has 2 aromatic rings. The van der Waals surface area contributed by atoms with Crippen molar-refractivity contribution >= 4 is 11.6 Å². The Kier molecular flexibility index (Phi) is 4.88. The van der Waals surface area contributed by atoms with Crippen LogP contribution in [0.5, 0.6) is 11.5 Å². The van der Waals surface area contributed by atoms with Gasteiger partial charge in [0.2, 0.25) is 0 Å². The van der Waals surface area contributed by atoms with E-state index in [1.54, 1.807) is 14.2 Å². The minimum Gasteiger partial charge on any atom is -0.493 e. The summed E-state index contributed by atoms with van der Waals surface area (Å²) in [7, 11) is 3.23. The van der Waals surface area contributed by atoms with Crippen LogP contribution >= 0.6 is 11.6 Å². The van der Waals surface area contributed by atoms with Crippen LogP contribution in [-0.2, 0) is 6.42 Å². The molecule has 0 heterocycles. The summed E-state index contributed by atoms with van der Waals surface area (Å²) in [6, 6.07) is 13.4. The van der Waals surface area contributed by atoms with E-state index in [4.69, 9.17) is 26.8 Å². The number of hydrogen-bond acceptors (Lipinski definition) is 3. The van der Waals surface area contributed by atoms with Gasteiger partial charge in [0.15, 0.2) is 11.5 Å². The van der Waals surface area contributed by atoms with Crippen LogP contribution < -0.4 is 15.2 Å². The van der Waals surface area contributed by atoms with Gasteiger partial charge in [-0.25, -0.2) is 0 Å². The van der Waals surface area contributed by atoms with Crippen molar-refractivity contribution in [2.45, 2.75) is 12.5 Å². The van der Waals surface area contributed by atoms with E-state index in [0.29, 0.717) is 11.5 Å². The summed E-state index contributed by atoms with van der Waals surface area (Å²) in [5.74, 6) is 1.39. The Morgan fingerprint density at radius 1 is 1.05 bits per heavy atom. The highest BCUT2D eigenvalue weighted by Gasteiger charge is 2.11. The predicted octanol–water partition coefficient (Wildman–Crippen LogP) is 3.60. The summed E-state index contributed by atoms with van der Waals surface area (Å²) in [4.78, 5) is 0. The molecule has 0 aliphatic heterocycles. The molecule has 0 aromatic heterocycles. The quantitative estimate of drug-likeness (QED) is 0.915. The van der Waals surface area contributed by atoms with Crippen LogP contribution in [0.1, 0.15) is 17.2 Å². The zero-order valence-electron chi connectivity index (χ0n) is 11.6. The lowest BCUT2D eigenvalue weighted by molar-refractivity contribution is 0.354. The highest BCUT2D eigenvalue weighted by molar-refractivity contribution is 6.30. The first kappa shape index (κ1) is 14.7. The number of nitrogens with two attached hydrogens (primary N) is 1. The first-order valence-corrected chi connectivity index (χ1v) is 6.73. The molecule has 0 saturated carbocycles. The average molecular weight is 292 g/mol. The first-order chi connectivity index (χ1) is 9.63. The van der Waals surface area contributed by atoms with Crippen LogP contribution in [0.3, 0.4) is 0 Å². The molecule has 0 saturated heterocycles. The molecule has 0 bridgehead atoms. The lowest BCUT2D eigenvalue weighted by Gasteiger charge is -2.15. The maximum atomic E-state index is 6.25. The molecule has 0 radical (unpaired) electrons. The molecule has 1 atom stereocenters. The van der Waals surface area contributed by atoms with Crippen LogP contribution in [0.4, 0.5) is 0 Å². The Morgan fingerprint density at radius 3 is 2.45 bits per heavy atom. The number of halogens is 1. The van der Waals surface area contributed by atoms with Gasteiger partial charge < -0.3 is 15.2 Å². The van der Waals surface area contributed by atoms with Gasteiger partial charge in [-0.3, -0.25) is 0 Å². The standard InChI is InChI=1S/C16H18ClNO2/c1-19-15-7-6-12(10-16(15)20-2)14(18)9-11-4-3-5-13(17)8-11/h3-8,10,14H,9,18H2,1-2H3. The zero-order valence-corrected chi connectivity index (χ0v) is 12.4. The molecule has 2 rings (SSSR count). The van der Waals surface area contributed by atoms with Crippen LogP contribution in [0.2, 0.25) is 5.02 Å². The van der Waals surface area contributed by atoms with Crippen LogP contribution in [0, 0.1) is 0 Å². The molecule has 2 aromatic carbocycles. The molecule has 20 heavy (non-hydrogen) atoms. The van der Waals surface area contributed by atoms with Crippen LogP contribution in [-0.4, -0.2) is 14.2 Å².